The summed E-state index contributed by atoms with van der Waals surface area (Å²) in [7, 11) is 0. The molecule has 20 heavy (non-hydrogen) atoms. The number of piperazine rings is 1. The van der Waals surface area contributed by atoms with E-state index in [1.54, 1.807) is 11.8 Å². The van der Waals surface area contributed by atoms with Gasteiger partial charge in [0.2, 0.25) is 5.91 Å². The Morgan fingerprint density at radius 3 is 2.55 bits per heavy atom. The van der Waals surface area contributed by atoms with Gasteiger partial charge in [-0.25, -0.2) is 4.79 Å². The van der Waals surface area contributed by atoms with Crippen molar-refractivity contribution in [3.63, 3.8) is 0 Å². The predicted octanol–water partition coefficient (Wildman–Crippen LogP) is 0.382. The van der Waals surface area contributed by atoms with Crippen molar-refractivity contribution >= 4 is 23.8 Å². The number of nitrogens with one attached hydrogen (secondary N) is 1. The number of hydrogen-bond donors (Lipinski definition) is 1. The normalized spacial score (nSPS) is 23.6. The average Bonchev–Trinajstić information content (AvgIpc) is 2.48. The summed E-state index contributed by atoms with van der Waals surface area (Å²) in [6.07, 6.45) is 0.289. The minimum atomic E-state index is -0.273. The van der Waals surface area contributed by atoms with Crippen LogP contribution in [0.25, 0.3) is 0 Å². The van der Waals surface area contributed by atoms with Crippen molar-refractivity contribution in [1.82, 2.24) is 15.1 Å². The van der Waals surface area contributed by atoms with E-state index in [0.717, 1.165) is 18.1 Å². The zero-order valence-electron chi connectivity index (χ0n) is 12.0. The third-order valence-electron chi connectivity index (χ3n) is 3.58. The van der Waals surface area contributed by atoms with Gasteiger partial charge in [-0.15, -0.1) is 0 Å². The first-order chi connectivity index (χ1) is 9.70. The molecule has 2 saturated heterocycles. The summed E-state index contributed by atoms with van der Waals surface area (Å²) >= 11 is 1.90. The van der Waals surface area contributed by atoms with Crippen molar-refractivity contribution in [2.45, 2.75) is 19.4 Å². The maximum atomic E-state index is 12.2. The molecule has 1 N–H and O–H groups in total. The first-order valence-electron chi connectivity index (χ1n) is 7.21. The monoisotopic (exact) mass is 301 g/mol. The van der Waals surface area contributed by atoms with E-state index in [9.17, 15) is 9.59 Å². The summed E-state index contributed by atoms with van der Waals surface area (Å²) in [5.41, 5.74) is 0. The molecule has 0 aromatic rings. The molecule has 1 atom stereocenters. The van der Waals surface area contributed by atoms with Crippen molar-refractivity contribution < 1.29 is 14.3 Å². The summed E-state index contributed by atoms with van der Waals surface area (Å²) in [4.78, 5) is 27.3. The van der Waals surface area contributed by atoms with E-state index in [-0.39, 0.29) is 12.0 Å². The van der Waals surface area contributed by atoms with Crippen LogP contribution >= 0.6 is 11.8 Å². The second-order valence-corrected chi connectivity index (χ2v) is 6.15. The van der Waals surface area contributed by atoms with Gasteiger partial charge >= 0.3 is 6.09 Å². The minimum Gasteiger partial charge on any atom is -0.450 e. The fraction of sp³-hybridized carbons (Fsp3) is 0.846. The van der Waals surface area contributed by atoms with Crippen LogP contribution in [0.15, 0.2) is 0 Å². The number of nitrogens with zero attached hydrogens (tertiary/aromatic N) is 2. The first kappa shape index (κ1) is 15.4. The second kappa shape index (κ2) is 7.73. The number of thioether (sulfide) groups is 1. The molecule has 2 rings (SSSR count). The Balaban J connectivity index is 1.72. The van der Waals surface area contributed by atoms with Gasteiger partial charge in [-0.1, -0.05) is 0 Å². The highest BCUT2D eigenvalue weighted by atomic mass is 32.2. The Morgan fingerprint density at radius 1 is 1.25 bits per heavy atom. The SMILES string of the molecule is CCOC(=O)N1CCN(C(=O)CC2CSCCN2)CC1. The van der Waals surface area contributed by atoms with Gasteiger partial charge in [-0.05, 0) is 6.92 Å². The van der Waals surface area contributed by atoms with Gasteiger partial charge in [-0.2, -0.15) is 11.8 Å². The lowest BCUT2D eigenvalue weighted by Gasteiger charge is -2.35. The molecule has 2 fully saturated rings. The van der Waals surface area contributed by atoms with Crippen molar-refractivity contribution in [2.24, 2.45) is 0 Å². The van der Waals surface area contributed by atoms with Gasteiger partial charge in [0.15, 0.2) is 0 Å². The van der Waals surface area contributed by atoms with Crippen LogP contribution in [0, 0.1) is 0 Å². The van der Waals surface area contributed by atoms with E-state index in [1.165, 1.54) is 0 Å². The number of carbonyl (C=O) groups is 2. The van der Waals surface area contributed by atoms with Crippen LogP contribution < -0.4 is 5.32 Å². The molecule has 7 heteroatoms. The van der Waals surface area contributed by atoms with Crippen LogP contribution in [0.4, 0.5) is 4.79 Å². The van der Waals surface area contributed by atoms with E-state index in [1.807, 2.05) is 16.7 Å². The minimum absolute atomic E-state index is 0.188. The largest absolute Gasteiger partial charge is 0.450 e. The van der Waals surface area contributed by atoms with Gasteiger partial charge < -0.3 is 19.9 Å². The molecule has 2 heterocycles. The fourth-order valence-electron chi connectivity index (χ4n) is 2.44. The topological polar surface area (TPSA) is 61.9 Å². The summed E-state index contributed by atoms with van der Waals surface area (Å²) in [6, 6.07) is 0.296. The number of hydrogen-bond acceptors (Lipinski definition) is 5. The van der Waals surface area contributed by atoms with E-state index in [4.69, 9.17) is 4.74 Å². The molecule has 0 aliphatic carbocycles. The van der Waals surface area contributed by atoms with Crippen LogP contribution in [0.3, 0.4) is 0 Å². The Labute approximate surface area is 124 Å². The summed E-state index contributed by atoms with van der Waals surface area (Å²) in [5, 5.41) is 3.38. The lowest BCUT2D eigenvalue weighted by Crippen LogP contribution is -2.52. The number of carbonyl (C=O) groups excluding carboxylic acids is 2. The fourth-order valence-corrected chi connectivity index (χ4v) is 3.39. The quantitative estimate of drug-likeness (QED) is 0.817. The van der Waals surface area contributed by atoms with E-state index < -0.39 is 0 Å². The van der Waals surface area contributed by atoms with E-state index >= 15 is 0 Å². The molecule has 6 nitrogen and oxygen atoms in total. The summed E-state index contributed by atoms with van der Waals surface area (Å²) in [5.74, 6) is 2.32. The highest BCUT2D eigenvalue weighted by Gasteiger charge is 2.26. The van der Waals surface area contributed by atoms with Crippen LogP contribution in [0.1, 0.15) is 13.3 Å². The molecule has 2 amide bonds. The van der Waals surface area contributed by atoms with E-state index in [0.29, 0.717) is 45.2 Å². The lowest BCUT2D eigenvalue weighted by molar-refractivity contribution is -0.133. The lowest BCUT2D eigenvalue weighted by atomic mass is 10.2. The Bertz CT molecular complexity index is 340. The molecule has 2 aliphatic heterocycles. The third-order valence-corrected chi connectivity index (χ3v) is 4.71. The number of amides is 2. The third kappa shape index (κ3) is 4.28. The molecule has 2 aliphatic rings. The standard InChI is InChI=1S/C13H23N3O3S/c1-2-19-13(18)16-6-4-15(5-7-16)12(17)9-11-10-20-8-3-14-11/h11,14H,2-10H2,1H3. The van der Waals surface area contributed by atoms with Gasteiger partial charge in [0.05, 0.1) is 6.61 Å². The smallest absolute Gasteiger partial charge is 0.409 e. The zero-order valence-corrected chi connectivity index (χ0v) is 12.8. The maximum absolute atomic E-state index is 12.2. The van der Waals surface area contributed by atoms with Crippen molar-refractivity contribution in [3.8, 4) is 0 Å². The molecule has 0 radical (unpaired) electrons. The summed E-state index contributed by atoms with van der Waals surface area (Å²) < 4.78 is 4.97. The predicted molar refractivity (Wildman–Crippen MR) is 78.9 cm³/mol. The molecular weight excluding hydrogens is 278 g/mol. The van der Waals surface area contributed by atoms with Crippen LogP contribution in [0.2, 0.25) is 0 Å². The Morgan fingerprint density at radius 2 is 1.95 bits per heavy atom. The van der Waals surface area contributed by atoms with Gasteiger partial charge in [0.25, 0.3) is 0 Å². The highest BCUT2D eigenvalue weighted by Crippen LogP contribution is 2.13. The average molecular weight is 301 g/mol. The molecule has 1 unspecified atom stereocenters. The van der Waals surface area contributed by atoms with Crippen LogP contribution in [0.5, 0.6) is 0 Å². The van der Waals surface area contributed by atoms with Crippen molar-refractivity contribution in [3.05, 3.63) is 0 Å². The molecule has 0 spiro atoms. The van der Waals surface area contributed by atoms with Gasteiger partial charge in [-0.3, -0.25) is 4.79 Å². The molecule has 0 bridgehead atoms. The summed E-state index contributed by atoms with van der Waals surface area (Å²) in [6.45, 7) is 5.53. The Kier molecular flexibility index (Phi) is 5.97. The molecule has 114 valence electrons. The Hall–Kier alpha value is -0.950. The maximum Gasteiger partial charge on any atom is 0.409 e. The second-order valence-electron chi connectivity index (χ2n) is 5.00. The number of rotatable bonds is 3. The zero-order chi connectivity index (χ0) is 14.4. The van der Waals surface area contributed by atoms with Crippen molar-refractivity contribution in [1.29, 1.82) is 0 Å². The highest BCUT2D eigenvalue weighted by molar-refractivity contribution is 7.99. The van der Waals surface area contributed by atoms with Crippen LogP contribution in [-0.4, -0.2) is 78.7 Å². The molecule has 0 saturated carbocycles. The van der Waals surface area contributed by atoms with E-state index in [2.05, 4.69) is 5.32 Å². The van der Waals surface area contributed by atoms with Gasteiger partial charge in [0.1, 0.15) is 0 Å². The number of ether oxygens (including phenoxy) is 1. The first-order valence-corrected chi connectivity index (χ1v) is 8.36. The van der Waals surface area contributed by atoms with Gasteiger partial charge in [0, 0.05) is 56.7 Å². The van der Waals surface area contributed by atoms with Crippen LogP contribution in [-0.2, 0) is 9.53 Å². The molecular formula is C13H23N3O3S. The molecule has 0 aromatic carbocycles. The molecule has 0 aromatic heterocycles. The van der Waals surface area contributed by atoms with Crippen molar-refractivity contribution in [2.75, 3.05) is 50.8 Å².